The number of ketones is 1. The number of oxazole rings is 1. The topological polar surface area (TPSA) is 148 Å². The van der Waals surface area contributed by atoms with Gasteiger partial charge in [0.2, 0.25) is 17.6 Å². The van der Waals surface area contributed by atoms with Crippen molar-refractivity contribution in [3.63, 3.8) is 0 Å². The number of anilines is 1. The summed E-state index contributed by atoms with van der Waals surface area (Å²) in [6.45, 7) is 10.5. The molecule has 0 radical (unpaired) electrons. The van der Waals surface area contributed by atoms with Crippen LogP contribution >= 0.6 is 0 Å². The fourth-order valence-electron chi connectivity index (χ4n) is 6.41. The monoisotopic (exact) mass is 537 g/mol. The minimum absolute atomic E-state index is 0.0422. The van der Waals surface area contributed by atoms with Crippen molar-refractivity contribution in [2.45, 2.75) is 78.4 Å². The number of carbonyl (C=O) groups excluding carboxylic acids is 4. The number of hydrogen-bond donors (Lipinski definition) is 3. The van der Waals surface area contributed by atoms with Gasteiger partial charge >= 0.3 is 0 Å². The summed E-state index contributed by atoms with van der Waals surface area (Å²) in [5, 5.41) is 6.02. The van der Waals surface area contributed by atoms with E-state index >= 15 is 0 Å². The van der Waals surface area contributed by atoms with Gasteiger partial charge in [0.15, 0.2) is 5.58 Å². The van der Waals surface area contributed by atoms with Gasteiger partial charge < -0.3 is 25.7 Å². The van der Waals surface area contributed by atoms with E-state index in [1.807, 2.05) is 45.0 Å². The number of para-hydroxylation sites is 2. The molecule has 1 aromatic heterocycles. The van der Waals surface area contributed by atoms with Crippen molar-refractivity contribution in [3.05, 3.63) is 24.3 Å². The highest BCUT2D eigenvalue weighted by molar-refractivity contribution is 6.37. The maximum atomic E-state index is 14.1. The smallest absolute Gasteiger partial charge is 0.296 e. The Hall–Kier alpha value is -3.43. The van der Waals surface area contributed by atoms with Gasteiger partial charge in [0.05, 0.1) is 6.04 Å². The van der Waals surface area contributed by atoms with E-state index in [9.17, 15) is 19.2 Å². The summed E-state index contributed by atoms with van der Waals surface area (Å²) in [7, 11) is 0. The molecule has 4 unspecified atom stereocenters. The van der Waals surface area contributed by atoms with Gasteiger partial charge in [-0.2, -0.15) is 4.98 Å². The van der Waals surface area contributed by atoms with E-state index in [0.717, 1.165) is 19.3 Å². The van der Waals surface area contributed by atoms with Crippen LogP contribution in [-0.2, 0) is 19.2 Å². The molecule has 39 heavy (non-hydrogen) atoms. The Kier molecular flexibility index (Phi) is 6.71. The lowest BCUT2D eigenvalue weighted by molar-refractivity contribution is -0.144. The first kappa shape index (κ1) is 27.1. The van der Waals surface area contributed by atoms with Crippen LogP contribution in [0.1, 0.15) is 60.3 Å². The summed E-state index contributed by atoms with van der Waals surface area (Å²) in [6, 6.07) is 5.15. The molecule has 1 aliphatic heterocycles. The third-order valence-electron chi connectivity index (χ3n) is 9.10. The number of nitrogens with two attached hydrogens (primary N) is 1. The molecule has 10 heteroatoms. The number of primary amides is 1. The number of piperidine rings is 1. The van der Waals surface area contributed by atoms with Gasteiger partial charge in [-0.05, 0) is 47.1 Å². The quantitative estimate of drug-likeness (QED) is 0.417. The van der Waals surface area contributed by atoms with Gasteiger partial charge in [-0.25, -0.2) is 0 Å². The lowest BCUT2D eigenvalue weighted by Crippen LogP contribution is -2.58. The summed E-state index contributed by atoms with van der Waals surface area (Å²) in [6.07, 6.45) is 3.37. The van der Waals surface area contributed by atoms with Crippen molar-refractivity contribution >= 4 is 40.6 Å². The van der Waals surface area contributed by atoms with Crippen LogP contribution in [0.15, 0.2) is 28.7 Å². The van der Waals surface area contributed by atoms with E-state index < -0.39 is 41.1 Å². The van der Waals surface area contributed by atoms with Crippen molar-refractivity contribution in [1.29, 1.82) is 0 Å². The molecular formula is C29H39N5O5. The van der Waals surface area contributed by atoms with Crippen molar-refractivity contribution in [2.75, 3.05) is 11.9 Å². The van der Waals surface area contributed by atoms with Crippen LogP contribution in [0.25, 0.3) is 11.1 Å². The van der Waals surface area contributed by atoms with E-state index in [2.05, 4.69) is 29.5 Å². The minimum Gasteiger partial charge on any atom is -0.424 e. The van der Waals surface area contributed by atoms with Crippen LogP contribution in [0.2, 0.25) is 0 Å². The highest BCUT2D eigenvalue weighted by atomic mass is 16.4. The van der Waals surface area contributed by atoms with Gasteiger partial charge in [0.1, 0.15) is 17.6 Å². The number of nitrogens with one attached hydrogen (secondary N) is 2. The largest absolute Gasteiger partial charge is 0.424 e. The Morgan fingerprint density at radius 1 is 1.18 bits per heavy atom. The molecule has 2 saturated carbocycles. The summed E-state index contributed by atoms with van der Waals surface area (Å²) in [5.41, 5.74) is 5.96. The number of amides is 3. The van der Waals surface area contributed by atoms with Gasteiger partial charge in [-0.15, -0.1) is 0 Å². The molecule has 1 saturated heterocycles. The third-order valence-corrected chi connectivity index (χ3v) is 9.10. The number of fused-ring (bicyclic) bond motifs is 2. The average Bonchev–Trinajstić information content (AvgIpc) is 3.19. The SMILES string of the molecule is CC1(C)C2CN(C(=O)[C@@H](Nc3nc4ccccc4o3)C(C)(C)C)C(C(=O)NC(CC3CCC3)C(=O)C(N)=O)C21. The summed E-state index contributed by atoms with van der Waals surface area (Å²) < 4.78 is 5.84. The van der Waals surface area contributed by atoms with Crippen molar-refractivity contribution in [2.24, 2.45) is 34.3 Å². The van der Waals surface area contributed by atoms with Gasteiger partial charge in [0, 0.05) is 6.54 Å². The highest BCUT2D eigenvalue weighted by Crippen LogP contribution is 2.65. The second-order valence-electron chi connectivity index (χ2n) is 13.1. The van der Waals surface area contributed by atoms with E-state index in [4.69, 9.17) is 10.2 Å². The molecule has 5 rings (SSSR count). The van der Waals surface area contributed by atoms with Gasteiger partial charge in [-0.3, -0.25) is 19.2 Å². The molecule has 3 aliphatic rings. The number of hydrogen-bond acceptors (Lipinski definition) is 7. The van der Waals surface area contributed by atoms with Crippen LogP contribution in [0.4, 0.5) is 6.01 Å². The van der Waals surface area contributed by atoms with Crippen LogP contribution in [-0.4, -0.2) is 58.1 Å². The third kappa shape index (κ3) is 5.01. The maximum absolute atomic E-state index is 14.1. The molecule has 1 aromatic carbocycles. The Morgan fingerprint density at radius 2 is 1.87 bits per heavy atom. The molecule has 0 spiro atoms. The Labute approximate surface area is 228 Å². The number of aromatic nitrogens is 1. The molecule has 3 fully saturated rings. The number of benzene rings is 1. The molecular weight excluding hydrogens is 498 g/mol. The molecule has 2 aromatic rings. The van der Waals surface area contributed by atoms with E-state index in [-0.39, 0.29) is 35.1 Å². The first-order valence-electron chi connectivity index (χ1n) is 13.9. The average molecular weight is 538 g/mol. The van der Waals surface area contributed by atoms with Crippen molar-refractivity contribution in [3.8, 4) is 0 Å². The van der Waals surface area contributed by atoms with Crippen LogP contribution in [0.3, 0.4) is 0 Å². The lowest BCUT2D eigenvalue weighted by Gasteiger charge is -2.38. The molecule has 10 nitrogen and oxygen atoms in total. The second-order valence-corrected chi connectivity index (χ2v) is 13.1. The van der Waals surface area contributed by atoms with Crippen molar-refractivity contribution in [1.82, 2.24) is 15.2 Å². The van der Waals surface area contributed by atoms with Crippen LogP contribution in [0.5, 0.6) is 0 Å². The first-order chi connectivity index (χ1) is 18.3. The van der Waals surface area contributed by atoms with E-state index in [1.165, 1.54) is 0 Å². The maximum Gasteiger partial charge on any atom is 0.296 e. The van der Waals surface area contributed by atoms with Crippen molar-refractivity contribution < 1.29 is 23.6 Å². The van der Waals surface area contributed by atoms with Crippen LogP contribution < -0.4 is 16.4 Å². The fraction of sp³-hybridized carbons (Fsp3) is 0.621. The molecule has 210 valence electrons. The second kappa shape index (κ2) is 9.64. The van der Waals surface area contributed by atoms with E-state index in [0.29, 0.717) is 24.1 Å². The number of rotatable bonds is 9. The summed E-state index contributed by atoms with van der Waals surface area (Å²) in [5.74, 6) is -2.09. The Bertz CT molecular complexity index is 1270. The zero-order valence-electron chi connectivity index (χ0n) is 23.3. The number of nitrogens with zero attached hydrogens (tertiary/aromatic N) is 2. The highest BCUT2D eigenvalue weighted by Gasteiger charge is 2.69. The fourth-order valence-corrected chi connectivity index (χ4v) is 6.41. The number of Topliss-reactive ketones (excluding diaryl/α,β-unsaturated/α-hetero) is 1. The normalized spacial score (nSPS) is 25.4. The van der Waals surface area contributed by atoms with Gasteiger partial charge in [-0.1, -0.05) is 66.0 Å². The Balaban J connectivity index is 1.39. The zero-order valence-corrected chi connectivity index (χ0v) is 23.3. The van der Waals surface area contributed by atoms with E-state index in [1.54, 1.807) is 4.90 Å². The molecule has 3 amide bonds. The standard InChI is InChI=1S/C29H39N5O5/c1-28(2,3)23(33-27-32-17-11-6-7-12-19(17)39-27)26(38)34-14-16-20(29(16,4)5)21(34)25(37)31-18(22(35)24(30)36)13-15-9-8-10-15/h6-7,11-12,15-16,18,20-21,23H,8-10,13-14H2,1-5H3,(H2,30,36)(H,31,37)(H,32,33)/t16?,18?,20?,21?,23-/m1/s1. The number of carbonyl (C=O) groups is 4. The predicted octanol–water partition coefficient (Wildman–Crippen LogP) is 2.87. The zero-order chi connectivity index (χ0) is 28.3. The molecule has 5 atom stereocenters. The first-order valence-corrected chi connectivity index (χ1v) is 13.9. The minimum atomic E-state index is -1.06. The lowest BCUT2D eigenvalue weighted by atomic mass is 9.80. The predicted molar refractivity (Wildman–Crippen MR) is 145 cm³/mol. The molecule has 4 N–H and O–H groups in total. The molecule has 0 bridgehead atoms. The van der Waals surface area contributed by atoms with Gasteiger partial charge in [0.25, 0.3) is 11.9 Å². The molecule has 2 aliphatic carbocycles. The Morgan fingerprint density at radius 3 is 2.46 bits per heavy atom. The summed E-state index contributed by atoms with van der Waals surface area (Å²) in [4.78, 5) is 58.4. The summed E-state index contributed by atoms with van der Waals surface area (Å²) >= 11 is 0. The molecule has 2 heterocycles. The number of likely N-dealkylation sites (tertiary alicyclic amines) is 1. The van der Waals surface area contributed by atoms with Crippen LogP contribution in [0, 0.1) is 28.6 Å².